The Balaban J connectivity index is 1.16. The van der Waals surface area contributed by atoms with Gasteiger partial charge in [0.25, 0.3) is 5.91 Å². The largest absolute Gasteiger partial charge is 0.339 e. The molecular weight excluding hydrogens is 567 g/mol. The van der Waals surface area contributed by atoms with Crippen LogP contribution in [-0.4, -0.2) is 40.4 Å². The molecule has 2 aliphatic rings. The zero-order valence-electron chi connectivity index (χ0n) is 25.5. The number of carbonyl (C=O) groups is 1. The molecule has 0 bridgehead atoms. The molecule has 228 valence electrons. The van der Waals surface area contributed by atoms with Crippen molar-refractivity contribution in [3.8, 4) is 22.6 Å². The summed E-state index contributed by atoms with van der Waals surface area (Å²) in [7, 11) is 2.01. The summed E-state index contributed by atoms with van der Waals surface area (Å²) < 4.78 is 18.3. The number of hydrogen-bond donors (Lipinski definition) is 2. The lowest BCUT2D eigenvalue weighted by molar-refractivity contribution is 0.0805. The van der Waals surface area contributed by atoms with E-state index in [0.29, 0.717) is 11.6 Å². The summed E-state index contributed by atoms with van der Waals surface area (Å²) >= 11 is 0. The predicted octanol–water partition coefficient (Wildman–Crippen LogP) is 7.14. The summed E-state index contributed by atoms with van der Waals surface area (Å²) in [6.45, 7) is 2.09. The van der Waals surface area contributed by atoms with Crippen LogP contribution in [0.4, 0.5) is 4.39 Å². The molecule has 0 radical (unpaired) electrons. The van der Waals surface area contributed by atoms with Gasteiger partial charge < -0.3 is 14.5 Å². The minimum absolute atomic E-state index is 0.113. The number of nitrogens with one attached hydrogen (secondary N) is 2. The van der Waals surface area contributed by atoms with E-state index in [9.17, 15) is 9.18 Å². The van der Waals surface area contributed by atoms with E-state index in [1.165, 1.54) is 31.5 Å². The van der Waals surface area contributed by atoms with Gasteiger partial charge in [-0.05, 0) is 87.1 Å². The van der Waals surface area contributed by atoms with E-state index in [1.807, 2.05) is 31.3 Å². The first-order valence-corrected chi connectivity index (χ1v) is 15.8. The Labute approximate surface area is 259 Å². The third-order valence-corrected chi connectivity index (χ3v) is 10.0. The Kier molecular flexibility index (Phi) is 6.54. The molecule has 0 spiro atoms. The molecule has 2 saturated carbocycles. The predicted molar refractivity (Wildman–Crippen MR) is 171 cm³/mol. The van der Waals surface area contributed by atoms with Crippen molar-refractivity contribution in [2.75, 3.05) is 0 Å². The Morgan fingerprint density at radius 2 is 1.82 bits per heavy atom. The monoisotopic (exact) mass is 602 g/mol. The first-order chi connectivity index (χ1) is 21.9. The number of halogens is 1. The van der Waals surface area contributed by atoms with Crippen molar-refractivity contribution < 1.29 is 9.18 Å². The van der Waals surface area contributed by atoms with E-state index in [1.54, 1.807) is 12.3 Å². The van der Waals surface area contributed by atoms with Crippen LogP contribution in [0.25, 0.3) is 44.6 Å². The highest BCUT2D eigenvalue weighted by Gasteiger charge is 2.44. The molecule has 4 aromatic heterocycles. The molecule has 6 aromatic rings. The molecule has 9 nitrogen and oxygen atoms in total. The summed E-state index contributed by atoms with van der Waals surface area (Å²) in [5.41, 5.74) is 7.57. The average molecular weight is 603 g/mol. The second kappa shape index (κ2) is 10.6. The highest BCUT2D eigenvalue weighted by molar-refractivity contribution is 6.01. The van der Waals surface area contributed by atoms with Crippen LogP contribution in [0.15, 0.2) is 60.9 Å². The van der Waals surface area contributed by atoms with Gasteiger partial charge in [0.1, 0.15) is 17.3 Å². The van der Waals surface area contributed by atoms with Crippen LogP contribution in [-0.2, 0) is 12.6 Å². The summed E-state index contributed by atoms with van der Waals surface area (Å²) in [5, 5.41) is 15.3. The van der Waals surface area contributed by atoms with Gasteiger partial charge in [0.15, 0.2) is 0 Å². The molecule has 2 aromatic carbocycles. The van der Waals surface area contributed by atoms with Gasteiger partial charge in [0, 0.05) is 35.1 Å². The first-order valence-electron chi connectivity index (χ1n) is 15.8. The lowest BCUT2D eigenvalue weighted by atomic mass is 9.75. The van der Waals surface area contributed by atoms with Crippen LogP contribution >= 0.6 is 0 Å². The number of hydrogen-bond acceptors (Lipinski definition) is 5. The number of aromatic nitrogens is 7. The Morgan fingerprint density at radius 1 is 0.978 bits per heavy atom. The van der Waals surface area contributed by atoms with E-state index >= 15 is 0 Å². The number of amides is 1. The number of imidazole rings is 1. The Hall–Kier alpha value is -4.86. The summed E-state index contributed by atoms with van der Waals surface area (Å²) in [6, 6.07) is 15.7. The minimum Gasteiger partial charge on any atom is -0.339 e. The lowest BCUT2D eigenvalue weighted by Crippen LogP contribution is -2.52. The van der Waals surface area contributed by atoms with Gasteiger partial charge in [0.05, 0.1) is 40.4 Å². The maximum absolute atomic E-state index is 14.0. The van der Waals surface area contributed by atoms with E-state index in [0.717, 1.165) is 88.1 Å². The minimum atomic E-state index is -0.542. The van der Waals surface area contributed by atoms with E-state index in [4.69, 9.17) is 4.98 Å². The zero-order chi connectivity index (χ0) is 30.7. The number of benzene rings is 2. The fourth-order valence-corrected chi connectivity index (χ4v) is 7.51. The molecule has 2 fully saturated rings. The number of aryl methyl sites for hydroxylation is 2. The van der Waals surface area contributed by atoms with Crippen LogP contribution in [0, 0.1) is 12.7 Å². The Morgan fingerprint density at radius 3 is 2.53 bits per heavy atom. The van der Waals surface area contributed by atoms with Crippen LogP contribution in [0.2, 0.25) is 0 Å². The number of rotatable bonds is 6. The van der Waals surface area contributed by atoms with Crippen molar-refractivity contribution in [1.82, 2.24) is 39.8 Å². The molecular formula is C35H35FN8O. The van der Waals surface area contributed by atoms with E-state index in [-0.39, 0.29) is 11.7 Å². The summed E-state index contributed by atoms with van der Waals surface area (Å²) in [4.78, 5) is 23.5. The topological polar surface area (TPSA) is 106 Å². The first kappa shape index (κ1) is 27.7. The molecule has 10 heteroatoms. The molecule has 0 atom stereocenters. The number of nitrogens with zero attached hydrogens (tertiary/aromatic N) is 6. The highest BCUT2D eigenvalue weighted by atomic mass is 19.1. The number of fused-ring (bicyclic) bond motifs is 2. The van der Waals surface area contributed by atoms with Gasteiger partial charge in [-0.1, -0.05) is 25.3 Å². The fraction of sp³-hybridized carbons (Fsp3) is 0.343. The van der Waals surface area contributed by atoms with E-state index in [2.05, 4.69) is 53.9 Å². The van der Waals surface area contributed by atoms with Gasteiger partial charge in [-0.15, -0.1) is 0 Å². The smallest absolute Gasteiger partial charge is 0.252 e. The van der Waals surface area contributed by atoms with Gasteiger partial charge in [-0.3, -0.25) is 9.78 Å². The second-order valence-electron chi connectivity index (χ2n) is 12.7. The van der Waals surface area contributed by atoms with Crippen LogP contribution in [0.5, 0.6) is 0 Å². The van der Waals surface area contributed by atoms with Crippen molar-refractivity contribution in [1.29, 1.82) is 0 Å². The third-order valence-electron chi connectivity index (χ3n) is 10.0. The highest BCUT2D eigenvalue weighted by Crippen LogP contribution is 2.43. The molecule has 4 heterocycles. The van der Waals surface area contributed by atoms with Crippen LogP contribution < -0.4 is 5.32 Å². The normalized spacial score (nSPS) is 16.7. The fourth-order valence-electron chi connectivity index (χ4n) is 7.51. The molecule has 8 rings (SSSR count). The second-order valence-corrected chi connectivity index (χ2v) is 12.7. The third kappa shape index (κ3) is 4.53. The summed E-state index contributed by atoms with van der Waals surface area (Å²) in [6.07, 6.45) is 11.5. The Bertz CT molecular complexity index is 2050. The van der Waals surface area contributed by atoms with Crippen molar-refractivity contribution in [3.63, 3.8) is 0 Å². The van der Waals surface area contributed by atoms with Gasteiger partial charge in [-0.25, -0.2) is 9.37 Å². The average Bonchev–Trinajstić information content (AvgIpc) is 3.77. The van der Waals surface area contributed by atoms with Crippen molar-refractivity contribution in [2.45, 2.75) is 69.9 Å². The van der Waals surface area contributed by atoms with Gasteiger partial charge in [0.2, 0.25) is 0 Å². The molecule has 2 N–H and O–H groups in total. The quantitative estimate of drug-likeness (QED) is 0.211. The van der Waals surface area contributed by atoms with Crippen molar-refractivity contribution in [3.05, 3.63) is 83.7 Å². The van der Waals surface area contributed by atoms with Crippen molar-refractivity contribution in [2.24, 2.45) is 7.05 Å². The molecule has 1 amide bonds. The number of carbonyl (C=O) groups excluding carboxylic acids is 1. The summed E-state index contributed by atoms with van der Waals surface area (Å²) in [5.74, 6) is 0.398. The maximum Gasteiger partial charge on any atom is 0.252 e. The molecule has 2 aliphatic carbocycles. The zero-order valence-corrected chi connectivity index (χ0v) is 25.5. The molecule has 0 aliphatic heterocycles. The number of pyridine rings is 1. The standard InChI is InChI=1S/C35H35FN8O/c1-21-26-17-23(10-14-30(26)44(25-7-4-3-5-8-25)32(21)28-13-11-24(36)19-37-28)33(45)40-35(15-6-16-35)34-39-27-12-9-22(18-31(27)43(34)2)29-20-38-42-41-29/h9-14,17-20,25H,3-8,15-16H2,1-2H3,(H,40,45)(H,38,41,42). The number of aromatic amines is 1. The van der Waals surface area contributed by atoms with Gasteiger partial charge >= 0.3 is 0 Å². The lowest BCUT2D eigenvalue weighted by Gasteiger charge is -2.41. The molecule has 0 saturated heterocycles. The van der Waals surface area contributed by atoms with Crippen LogP contribution in [0.3, 0.4) is 0 Å². The SMILES string of the molecule is Cc1c(-c2ccc(F)cn2)n(C2CCCCC2)c2ccc(C(=O)NC3(c4nc5ccc(-c6cn[nH]n6)cc5n4C)CCC3)cc12. The molecule has 0 unspecified atom stereocenters. The number of H-pyrrole nitrogens is 1. The van der Waals surface area contributed by atoms with Crippen LogP contribution in [0.1, 0.15) is 79.2 Å². The van der Waals surface area contributed by atoms with E-state index < -0.39 is 5.54 Å². The molecule has 45 heavy (non-hydrogen) atoms. The van der Waals surface area contributed by atoms with Gasteiger partial charge in [-0.2, -0.15) is 15.4 Å². The van der Waals surface area contributed by atoms with Crippen molar-refractivity contribution >= 4 is 27.8 Å². The maximum atomic E-state index is 14.0.